The third-order valence-electron chi connectivity index (χ3n) is 4.03. The molecule has 0 radical (unpaired) electrons. The highest BCUT2D eigenvalue weighted by atomic mass is 19.1. The molecule has 1 aliphatic rings. The molecule has 0 saturated heterocycles. The molecular weight excluding hydrogens is 258 g/mol. The van der Waals surface area contributed by atoms with Crippen LogP contribution < -0.4 is 0 Å². The maximum atomic E-state index is 13.3. The van der Waals surface area contributed by atoms with Gasteiger partial charge in [-0.1, -0.05) is 27.7 Å². The number of rotatable bonds is 2. The van der Waals surface area contributed by atoms with Crippen molar-refractivity contribution >= 4 is 0 Å². The summed E-state index contributed by atoms with van der Waals surface area (Å²) in [6.07, 6.45) is 2.65. The average molecular weight is 282 g/mol. The lowest BCUT2D eigenvalue weighted by Gasteiger charge is -2.49. The lowest BCUT2D eigenvalue weighted by atomic mass is 9.58. The third kappa shape index (κ3) is 3.78. The molecule has 1 fully saturated rings. The standard InChI is InChI=1S/C17H24F2O/c1-15(2)9-16(3,4)11-17(20,10-15)8-12-5-13(18)7-14(19)6-12/h5-7,20H,8-11H2,1-4H3. The van der Waals surface area contributed by atoms with Gasteiger partial charge in [-0.05, 0) is 47.8 Å². The van der Waals surface area contributed by atoms with Crippen LogP contribution in [0.3, 0.4) is 0 Å². The quantitative estimate of drug-likeness (QED) is 0.848. The molecule has 0 bridgehead atoms. The molecule has 0 heterocycles. The van der Waals surface area contributed by atoms with Crippen LogP contribution in [0, 0.1) is 22.5 Å². The van der Waals surface area contributed by atoms with Crippen LogP contribution in [0.4, 0.5) is 8.78 Å². The van der Waals surface area contributed by atoms with E-state index in [-0.39, 0.29) is 10.8 Å². The van der Waals surface area contributed by atoms with Crippen molar-refractivity contribution in [2.75, 3.05) is 0 Å². The van der Waals surface area contributed by atoms with E-state index < -0.39 is 17.2 Å². The summed E-state index contributed by atoms with van der Waals surface area (Å²) in [6.45, 7) is 8.58. The number of halogens is 2. The van der Waals surface area contributed by atoms with E-state index >= 15 is 0 Å². The summed E-state index contributed by atoms with van der Waals surface area (Å²) >= 11 is 0. The van der Waals surface area contributed by atoms with Crippen LogP contribution in [-0.4, -0.2) is 10.7 Å². The molecule has 0 unspecified atom stereocenters. The fourth-order valence-corrected chi connectivity index (χ4v) is 4.48. The van der Waals surface area contributed by atoms with Crippen molar-refractivity contribution in [3.8, 4) is 0 Å². The molecule has 1 saturated carbocycles. The molecule has 1 N–H and O–H groups in total. The Morgan fingerprint density at radius 1 is 0.900 bits per heavy atom. The first kappa shape index (κ1) is 15.4. The van der Waals surface area contributed by atoms with Gasteiger partial charge < -0.3 is 5.11 Å². The number of benzene rings is 1. The van der Waals surface area contributed by atoms with Crippen LogP contribution in [-0.2, 0) is 6.42 Å². The van der Waals surface area contributed by atoms with Crippen LogP contribution >= 0.6 is 0 Å². The van der Waals surface area contributed by atoms with Gasteiger partial charge in [0.15, 0.2) is 0 Å². The Labute approximate surface area is 120 Å². The molecule has 1 nitrogen and oxygen atoms in total. The highest BCUT2D eigenvalue weighted by molar-refractivity contribution is 5.20. The van der Waals surface area contributed by atoms with Crippen LogP contribution in [0.2, 0.25) is 0 Å². The maximum absolute atomic E-state index is 13.3. The van der Waals surface area contributed by atoms with Crippen LogP contribution in [0.5, 0.6) is 0 Å². The molecule has 20 heavy (non-hydrogen) atoms. The van der Waals surface area contributed by atoms with Gasteiger partial charge >= 0.3 is 0 Å². The van der Waals surface area contributed by atoms with Gasteiger partial charge in [0.2, 0.25) is 0 Å². The van der Waals surface area contributed by atoms with Gasteiger partial charge in [-0.2, -0.15) is 0 Å². The van der Waals surface area contributed by atoms with E-state index in [2.05, 4.69) is 27.7 Å². The monoisotopic (exact) mass is 282 g/mol. The topological polar surface area (TPSA) is 20.2 Å². The SMILES string of the molecule is CC1(C)CC(C)(C)CC(O)(Cc2cc(F)cc(F)c2)C1. The zero-order chi connectivity index (χ0) is 15.2. The number of hydrogen-bond donors (Lipinski definition) is 1. The number of aliphatic hydroxyl groups is 1. The summed E-state index contributed by atoms with van der Waals surface area (Å²) in [4.78, 5) is 0. The summed E-state index contributed by atoms with van der Waals surface area (Å²) < 4.78 is 26.6. The summed E-state index contributed by atoms with van der Waals surface area (Å²) in [6, 6.07) is 3.49. The molecular formula is C17H24F2O. The lowest BCUT2D eigenvalue weighted by molar-refractivity contribution is -0.0851. The Bertz CT molecular complexity index is 469. The van der Waals surface area contributed by atoms with Crippen molar-refractivity contribution < 1.29 is 13.9 Å². The normalized spacial score (nSPS) is 23.6. The zero-order valence-electron chi connectivity index (χ0n) is 12.8. The minimum Gasteiger partial charge on any atom is -0.390 e. The first-order chi connectivity index (χ1) is 8.99. The van der Waals surface area contributed by atoms with E-state index in [0.29, 0.717) is 24.8 Å². The van der Waals surface area contributed by atoms with E-state index in [1.807, 2.05) is 0 Å². The molecule has 1 aliphatic carbocycles. The first-order valence-corrected chi connectivity index (χ1v) is 7.16. The van der Waals surface area contributed by atoms with Gasteiger partial charge in [-0.3, -0.25) is 0 Å². The van der Waals surface area contributed by atoms with E-state index in [9.17, 15) is 13.9 Å². The second kappa shape index (κ2) is 4.80. The van der Waals surface area contributed by atoms with E-state index in [4.69, 9.17) is 0 Å². The van der Waals surface area contributed by atoms with Crippen molar-refractivity contribution in [1.29, 1.82) is 0 Å². The predicted molar refractivity (Wildman–Crippen MR) is 76.4 cm³/mol. The molecule has 0 atom stereocenters. The summed E-state index contributed by atoms with van der Waals surface area (Å²) in [5.74, 6) is -1.17. The summed E-state index contributed by atoms with van der Waals surface area (Å²) in [5.41, 5.74) is -0.311. The van der Waals surface area contributed by atoms with E-state index in [0.717, 1.165) is 12.5 Å². The molecule has 2 rings (SSSR count). The fraction of sp³-hybridized carbons (Fsp3) is 0.647. The van der Waals surface area contributed by atoms with Crippen molar-refractivity contribution in [3.05, 3.63) is 35.4 Å². The largest absolute Gasteiger partial charge is 0.390 e. The lowest BCUT2D eigenvalue weighted by Crippen LogP contribution is -2.47. The van der Waals surface area contributed by atoms with Gasteiger partial charge in [0.1, 0.15) is 11.6 Å². The second-order valence-electron chi connectivity index (χ2n) is 8.04. The van der Waals surface area contributed by atoms with Crippen molar-refractivity contribution in [2.45, 2.75) is 59.0 Å². The summed E-state index contributed by atoms with van der Waals surface area (Å²) in [5, 5.41) is 10.9. The van der Waals surface area contributed by atoms with Crippen molar-refractivity contribution in [3.63, 3.8) is 0 Å². The van der Waals surface area contributed by atoms with Crippen LogP contribution in [0.15, 0.2) is 18.2 Å². The van der Waals surface area contributed by atoms with Gasteiger partial charge in [-0.15, -0.1) is 0 Å². The molecule has 0 amide bonds. The molecule has 0 spiro atoms. The highest BCUT2D eigenvalue weighted by Crippen LogP contribution is 2.51. The molecule has 0 aliphatic heterocycles. The van der Waals surface area contributed by atoms with Gasteiger partial charge in [-0.25, -0.2) is 8.78 Å². The first-order valence-electron chi connectivity index (χ1n) is 7.16. The Morgan fingerprint density at radius 3 is 1.80 bits per heavy atom. The molecule has 0 aromatic heterocycles. The Kier molecular flexibility index (Phi) is 3.70. The van der Waals surface area contributed by atoms with Crippen molar-refractivity contribution in [2.24, 2.45) is 10.8 Å². The number of hydrogen-bond acceptors (Lipinski definition) is 1. The minimum atomic E-state index is -0.897. The highest BCUT2D eigenvalue weighted by Gasteiger charge is 2.46. The van der Waals surface area contributed by atoms with Crippen LogP contribution in [0.1, 0.15) is 52.5 Å². The van der Waals surface area contributed by atoms with Gasteiger partial charge in [0.05, 0.1) is 5.60 Å². The second-order valence-corrected chi connectivity index (χ2v) is 8.04. The van der Waals surface area contributed by atoms with E-state index in [1.54, 1.807) is 0 Å². The predicted octanol–water partition coefficient (Wildman–Crippen LogP) is 4.47. The third-order valence-corrected chi connectivity index (χ3v) is 4.03. The average Bonchev–Trinajstić information content (AvgIpc) is 2.06. The maximum Gasteiger partial charge on any atom is 0.126 e. The smallest absolute Gasteiger partial charge is 0.126 e. The molecule has 1 aromatic rings. The summed E-state index contributed by atoms with van der Waals surface area (Å²) in [7, 11) is 0. The minimum absolute atomic E-state index is 0.0301. The van der Waals surface area contributed by atoms with Crippen LogP contribution in [0.25, 0.3) is 0 Å². The van der Waals surface area contributed by atoms with Gasteiger partial charge in [0, 0.05) is 12.5 Å². The molecule has 1 aromatic carbocycles. The molecule has 112 valence electrons. The van der Waals surface area contributed by atoms with E-state index in [1.165, 1.54) is 12.1 Å². The Morgan fingerprint density at radius 2 is 1.35 bits per heavy atom. The molecule has 3 heteroatoms. The Balaban J connectivity index is 2.26. The van der Waals surface area contributed by atoms with Gasteiger partial charge in [0.25, 0.3) is 0 Å². The van der Waals surface area contributed by atoms with Crippen molar-refractivity contribution in [1.82, 2.24) is 0 Å². The fourth-order valence-electron chi connectivity index (χ4n) is 4.48. The Hall–Kier alpha value is -0.960. The zero-order valence-corrected chi connectivity index (χ0v) is 12.8.